The fourth-order valence-corrected chi connectivity index (χ4v) is 1.96. The Morgan fingerprint density at radius 2 is 2.00 bits per heavy atom. The van der Waals surface area contributed by atoms with Crippen molar-refractivity contribution in [3.8, 4) is 0 Å². The summed E-state index contributed by atoms with van der Waals surface area (Å²) in [5.74, 6) is -0.868. The summed E-state index contributed by atoms with van der Waals surface area (Å²) in [5.41, 5.74) is 0.970. The van der Waals surface area contributed by atoms with Gasteiger partial charge in [0.05, 0.1) is 23.9 Å². The lowest BCUT2D eigenvalue weighted by Crippen LogP contribution is -2.43. The molecule has 21 heavy (non-hydrogen) atoms. The van der Waals surface area contributed by atoms with Crippen LogP contribution in [0.2, 0.25) is 0 Å². The first-order valence-corrected chi connectivity index (χ1v) is 6.76. The van der Waals surface area contributed by atoms with E-state index in [9.17, 15) is 14.7 Å². The highest BCUT2D eigenvalue weighted by atomic mass is 16.5. The number of rotatable bonds is 6. The van der Waals surface area contributed by atoms with Crippen molar-refractivity contribution in [2.45, 2.75) is 26.8 Å². The Bertz CT molecular complexity index is 514. The number of aryl methyl sites for hydroxylation is 1. The fourth-order valence-electron chi connectivity index (χ4n) is 1.96. The number of hydrogen-bond acceptors (Lipinski definition) is 3. The predicted molar refractivity (Wildman–Crippen MR) is 80.8 cm³/mol. The number of urea groups is 1. The van der Waals surface area contributed by atoms with Crippen molar-refractivity contribution >= 4 is 17.7 Å². The highest BCUT2D eigenvalue weighted by molar-refractivity contribution is 6.01. The Morgan fingerprint density at radius 3 is 2.52 bits per heavy atom. The molecule has 6 nitrogen and oxygen atoms in total. The molecule has 0 spiro atoms. The van der Waals surface area contributed by atoms with Gasteiger partial charge in [-0.3, -0.25) is 0 Å². The molecule has 0 saturated heterocycles. The number of hydrogen-bond donors (Lipinski definition) is 3. The SMILES string of the molecule is COCC(NC(=O)Nc1cccc(C)c1C(=O)O)C(C)C. The van der Waals surface area contributed by atoms with Gasteiger partial charge >= 0.3 is 12.0 Å². The Morgan fingerprint density at radius 1 is 1.33 bits per heavy atom. The first kappa shape index (κ1) is 17.0. The zero-order valence-corrected chi connectivity index (χ0v) is 12.8. The second kappa shape index (κ2) is 7.64. The van der Waals surface area contributed by atoms with E-state index in [4.69, 9.17) is 4.74 Å². The fraction of sp³-hybridized carbons (Fsp3) is 0.467. The number of benzene rings is 1. The Balaban J connectivity index is 2.84. The number of carboxylic acids is 1. The van der Waals surface area contributed by atoms with Gasteiger partial charge in [-0.2, -0.15) is 0 Å². The van der Waals surface area contributed by atoms with E-state index < -0.39 is 12.0 Å². The number of nitrogens with one attached hydrogen (secondary N) is 2. The molecule has 3 N–H and O–H groups in total. The summed E-state index contributed by atoms with van der Waals surface area (Å²) < 4.78 is 5.06. The van der Waals surface area contributed by atoms with Gasteiger partial charge in [-0.1, -0.05) is 26.0 Å². The highest BCUT2D eigenvalue weighted by Gasteiger charge is 2.18. The average molecular weight is 294 g/mol. The second-order valence-electron chi connectivity index (χ2n) is 5.21. The maximum absolute atomic E-state index is 12.0. The Hall–Kier alpha value is -2.08. The van der Waals surface area contributed by atoms with Crippen molar-refractivity contribution in [1.82, 2.24) is 5.32 Å². The summed E-state index contributed by atoms with van der Waals surface area (Å²) in [4.78, 5) is 23.3. The number of anilines is 1. The zero-order valence-electron chi connectivity index (χ0n) is 12.8. The summed E-state index contributed by atoms with van der Waals surface area (Å²) in [6, 6.07) is 4.37. The molecule has 0 aliphatic carbocycles. The monoisotopic (exact) mass is 294 g/mol. The lowest BCUT2D eigenvalue weighted by atomic mass is 10.1. The molecule has 6 heteroatoms. The van der Waals surface area contributed by atoms with Gasteiger partial charge in [0.1, 0.15) is 0 Å². The minimum atomic E-state index is -1.07. The predicted octanol–water partition coefficient (Wildman–Crippen LogP) is 2.49. The van der Waals surface area contributed by atoms with E-state index in [0.29, 0.717) is 12.2 Å². The summed E-state index contributed by atoms with van der Waals surface area (Å²) in [5, 5.41) is 14.6. The van der Waals surface area contributed by atoms with E-state index in [2.05, 4.69) is 10.6 Å². The van der Waals surface area contributed by atoms with Gasteiger partial charge in [-0.25, -0.2) is 9.59 Å². The van der Waals surface area contributed by atoms with Crippen molar-refractivity contribution in [1.29, 1.82) is 0 Å². The summed E-state index contributed by atoms with van der Waals surface area (Å²) in [6.45, 7) is 6.03. The average Bonchev–Trinajstić information content (AvgIpc) is 2.37. The standard InChI is InChI=1S/C15H22N2O4/c1-9(2)12(8-21-4)17-15(20)16-11-7-5-6-10(3)13(11)14(18)19/h5-7,9,12H,8H2,1-4H3,(H,18,19)(H2,16,17,20). The van der Waals surface area contributed by atoms with E-state index in [1.165, 1.54) is 0 Å². The molecule has 0 radical (unpaired) electrons. The van der Waals surface area contributed by atoms with Gasteiger partial charge in [0.15, 0.2) is 0 Å². The third-order valence-electron chi connectivity index (χ3n) is 3.20. The van der Waals surface area contributed by atoms with Crippen LogP contribution in [0.1, 0.15) is 29.8 Å². The molecule has 1 atom stereocenters. The van der Waals surface area contributed by atoms with Gasteiger partial charge in [-0.05, 0) is 24.5 Å². The van der Waals surface area contributed by atoms with Crippen LogP contribution in [0, 0.1) is 12.8 Å². The third-order valence-corrected chi connectivity index (χ3v) is 3.20. The molecule has 1 unspecified atom stereocenters. The van der Waals surface area contributed by atoms with Crippen molar-refractivity contribution in [3.05, 3.63) is 29.3 Å². The number of methoxy groups -OCH3 is 1. The minimum absolute atomic E-state index is 0.0977. The van der Waals surface area contributed by atoms with Crippen LogP contribution in [-0.4, -0.2) is 36.9 Å². The quantitative estimate of drug-likeness (QED) is 0.752. The van der Waals surface area contributed by atoms with Gasteiger partial charge < -0.3 is 20.5 Å². The van der Waals surface area contributed by atoms with Crippen LogP contribution in [-0.2, 0) is 4.74 Å². The van der Waals surface area contributed by atoms with Crippen LogP contribution >= 0.6 is 0 Å². The summed E-state index contributed by atoms with van der Waals surface area (Å²) >= 11 is 0. The van der Waals surface area contributed by atoms with Crippen LogP contribution < -0.4 is 10.6 Å². The third kappa shape index (κ3) is 4.75. The van der Waals surface area contributed by atoms with Crippen LogP contribution in [0.15, 0.2) is 18.2 Å². The molecule has 116 valence electrons. The van der Waals surface area contributed by atoms with E-state index in [1.807, 2.05) is 13.8 Å². The molecule has 0 saturated carbocycles. The van der Waals surface area contributed by atoms with Crippen molar-refractivity contribution in [2.24, 2.45) is 5.92 Å². The van der Waals surface area contributed by atoms with E-state index in [1.54, 1.807) is 32.2 Å². The normalized spacial score (nSPS) is 12.0. The molecule has 0 fully saturated rings. The molecule has 0 bridgehead atoms. The molecule has 0 aliphatic rings. The number of carbonyl (C=O) groups excluding carboxylic acids is 1. The van der Waals surface area contributed by atoms with E-state index in [0.717, 1.165) is 0 Å². The zero-order chi connectivity index (χ0) is 16.0. The topological polar surface area (TPSA) is 87.7 Å². The molecule has 2 amide bonds. The molecule has 1 aromatic carbocycles. The van der Waals surface area contributed by atoms with Crippen molar-refractivity contribution < 1.29 is 19.4 Å². The van der Waals surface area contributed by atoms with Crippen LogP contribution in [0.25, 0.3) is 0 Å². The summed E-state index contributed by atoms with van der Waals surface area (Å²) in [6.07, 6.45) is 0. The number of carboxylic acid groups (broad SMARTS) is 1. The van der Waals surface area contributed by atoms with E-state index >= 15 is 0 Å². The van der Waals surface area contributed by atoms with Crippen LogP contribution in [0.4, 0.5) is 10.5 Å². The second-order valence-corrected chi connectivity index (χ2v) is 5.21. The van der Waals surface area contributed by atoms with Crippen LogP contribution in [0.5, 0.6) is 0 Å². The number of amides is 2. The van der Waals surface area contributed by atoms with Crippen molar-refractivity contribution in [3.63, 3.8) is 0 Å². The summed E-state index contributed by atoms with van der Waals surface area (Å²) in [7, 11) is 1.57. The number of carbonyl (C=O) groups is 2. The minimum Gasteiger partial charge on any atom is -0.478 e. The lowest BCUT2D eigenvalue weighted by molar-refractivity contribution is 0.0697. The maximum Gasteiger partial charge on any atom is 0.338 e. The molecule has 0 heterocycles. The smallest absolute Gasteiger partial charge is 0.338 e. The first-order chi connectivity index (χ1) is 9.86. The van der Waals surface area contributed by atoms with E-state index in [-0.39, 0.29) is 23.2 Å². The molecule has 1 aromatic rings. The van der Waals surface area contributed by atoms with Gasteiger partial charge in [0.25, 0.3) is 0 Å². The molecular formula is C15H22N2O4. The molecule has 0 aliphatic heterocycles. The highest BCUT2D eigenvalue weighted by Crippen LogP contribution is 2.19. The lowest BCUT2D eigenvalue weighted by Gasteiger charge is -2.22. The van der Waals surface area contributed by atoms with Crippen LogP contribution in [0.3, 0.4) is 0 Å². The van der Waals surface area contributed by atoms with Crippen molar-refractivity contribution in [2.75, 3.05) is 19.0 Å². The van der Waals surface area contributed by atoms with Gasteiger partial charge in [0, 0.05) is 7.11 Å². The number of ether oxygens (including phenoxy) is 1. The Labute approximate surface area is 124 Å². The Kier molecular flexibility index (Phi) is 6.17. The maximum atomic E-state index is 12.0. The first-order valence-electron chi connectivity index (χ1n) is 6.76. The van der Waals surface area contributed by atoms with Gasteiger partial charge in [-0.15, -0.1) is 0 Å². The van der Waals surface area contributed by atoms with Gasteiger partial charge in [0.2, 0.25) is 0 Å². The largest absolute Gasteiger partial charge is 0.478 e. The molecular weight excluding hydrogens is 272 g/mol. The molecule has 1 rings (SSSR count). The number of aromatic carboxylic acids is 1. The molecule has 0 aromatic heterocycles.